The van der Waals surface area contributed by atoms with Crippen LogP contribution < -0.4 is 19.5 Å². The second kappa shape index (κ2) is 10.3. The SMILES string of the molecule is COc1cc(Nc2c(C#N)cnc3cc(OCCCC(=O)O)c(OC)cc23)c(Cl)cc1Cl. The molecule has 0 bridgehead atoms. The summed E-state index contributed by atoms with van der Waals surface area (Å²) in [6.07, 6.45) is 1.78. The number of rotatable bonds is 9. The van der Waals surface area contributed by atoms with Gasteiger partial charge in [0.05, 0.1) is 53.3 Å². The Labute approximate surface area is 194 Å². The van der Waals surface area contributed by atoms with Crippen molar-refractivity contribution in [3.05, 3.63) is 46.1 Å². The number of nitriles is 1. The minimum absolute atomic E-state index is 0.000934. The molecule has 0 spiro atoms. The molecular formula is C22H19Cl2N3O5. The largest absolute Gasteiger partial charge is 0.495 e. The number of benzene rings is 2. The standard InChI is InChI=1S/C22H19Cl2N3O5/c1-30-18-9-17(14(23)7-15(18)24)27-22-12(10-25)11-26-16-8-20(19(31-2)6-13(16)22)32-5-3-4-21(28)29/h6-9,11H,3-5H2,1-2H3,(H,26,27)(H,28,29). The third-order valence-corrected chi connectivity index (χ3v) is 5.18. The first-order valence-electron chi connectivity index (χ1n) is 9.43. The van der Waals surface area contributed by atoms with Crippen LogP contribution in [-0.2, 0) is 4.79 Å². The molecule has 0 unspecified atom stereocenters. The lowest BCUT2D eigenvalue weighted by Crippen LogP contribution is -2.04. The molecule has 32 heavy (non-hydrogen) atoms. The minimum Gasteiger partial charge on any atom is -0.495 e. The number of hydrogen-bond donors (Lipinski definition) is 2. The molecular weight excluding hydrogens is 457 g/mol. The molecule has 1 aromatic heterocycles. The fourth-order valence-corrected chi connectivity index (χ4v) is 3.52. The van der Waals surface area contributed by atoms with Crippen LogP contribution in [-0.4, -0.2) is 36.9 Å². The van der Waals surface area contributed by atoms with Gasteiger partial charge in [-0.2, -0.15) is 5.26 Å². The van der Waals surface area contributed by atoms with Crippen molar-refractivity contribution in [3.63, 3.8) is 0 Å². The van der Waals surface area contributed by atoms with E-state index in [1.165, 1.54) is 20.4 Å². The van der Waals surface area contributed by atoms with Gasteiger partial charge in [0.15, 0.2) is 11.5 Å². The summed E-state index contributed by atoms with van der Waals surface area (Å²) in [5.74, 6) is 0.357. The fraction of sp³-hybridized carbons (Fsp3) is 0.227. The van der Waals surface area contributed by atoms with Crippen LogP contribution >= 0.6 is 23.2 Å². The third kappa shape index (κ3) is 5.07. The van der Waals surface area contributed by atoms with E-state index in [0.717, 1.165) is 0 Å². The number of aliphatic carboxylic acids is 1. The Kier molecular flexibility index (Phi) is 7.46. The van der Waals surface area contributed by atoms with Crippen molar-refractivity contribution in [2.75, 3.05) is 26.1 Å². The first kappa shape index (κ1) is 23.3. The maximum Gasteiger partial charge on any atom is 0.303 e. The summed E-state index contributed by atoms with van der Waals surface area (Å²) < 4.78 is 16.4. The molecule has 10 heteroatoms. The van der Waals surface area contributed by atoms with Crippen LogP contribution in [0.15, 0.2) is 30.5 Å². The number of halogens is 2. The van der Waals surface area contributed by atoms with Gasteiger partial charge in [0.25, 0.3) is 0 Å². The van der Waals surface area contributed by atoms with Gasteiger partial charge in [-0.15, -0.1) is 0 Å². The van der Waals surface area contributed by atoms with Crippen LogP contribution in [0.2, 0.25) is 10.0 Å². The predicted octanol–water partition coefficient (Wildman–Crippen LogP) is 5.42. The Hall–Kier alpha value is -3.41. The zero-order valence-electron chi connectivity index (χ0n) is 17.2. The minimum atomic E-state index is -0.891. The molecule has 8 nitrogen and oxygen atoms in total. The third-order valence-electron chi connectivity index (χ3n) is 4.57. The molecule has 0 atom stereocenters. The summed E-state index contributed by atoms with van der Waals surface area (Å²) in [5, 5.41) is 22.9. The van der Waals surface area contributed by atoms with Gasteiger partial charge >= 0.3 is 5.97 Å². The lowest BCUT2D eigenvalue weighted by molar-refractivity contribution is -0.137. The van der Waals surface area contributed by atoms with Gasteiger partial charge in [0.2, 0.25) is 0 Å². The Bertz CT molecular complexity index is 1210. The quantitative estimate of drug-likeness (QED) is 0.394. The summed E-state index contributed by atoms with van der Waals surface area (Å²) in [6, 6.07) is 8.66. The first-order valence-corrected chi connectivity index (χ1v) is 10.2. The summed E-state index contributed by atoms with van der Waals surface area (Å²) in [6.45, 7) is 0.204. The van der Waals surface area contributed by atoms with Crippen molar-refractivity contribution in [2.24, 2.45) is 0 Å². The van der Waals surface area contributed by atoms with Crippen molar-refractivity contribution in [1.82, 2.24) is 4.98 Å². The van der Waals surface area contributed by atoms with E-state index < -0.39 is 5.97 Å². The molecule has 0 aliphatic heterocycles. The molecule has 166 valence electrons. The van der Waals surface area contributed by atoms with Crippen LogP contribution in [0.3, 0.4) is 0 Å². The number of nitrogens with zero attached hydrogens (tertiary/aromatic N) is 2. The zero-order valence-corrected chi connectivity index (χ0v) is 18.8. The predicted molar refractivity (Wildman–Crippen MR) is 122 cm³/mol. The number of pyridine rings is 1. The van der Waals surface area contributed by atoms with Gasteiger partial charge in [-0.1, -0.05) is 23.2 Å². The lowest BCUT2D eigenvalue weighted by Gasteiger charge is -2.16. The molecule has 0 saturated carbocycles. The molecule has 2 aromatic carbocycles. The molecule has 0 radical (unpaired) electrons. The van der Waals surface area contributed by atoms with E-state index in [4.69, 9.17) is 42.5 Å². The monoisotopic (exact) mass is 475 g/mol. The first-order chi connectivity index (χ1) is 15.4. The number of aromatic nitrogens is 1. The van der Waals surface area contributed by atoms with Crippen molar-refractivity contribution >= 4 is 51.4 Å². The molecule has 3 aromatic rings. The second-order valence-electron chi connectivity index (χ2n) is 6.62. The highest BCUT2D eigenvalue weighted by molar-refractivity contribution is 6.37. The summed E-state index contributed by atoms with van der Waals surface area (Å²) in [5.41, 5.74) is 1.79. The van der Waals surface area contributed by atoms with E-state index in [-0.39, 0.29) is 13.0 Å². The highest BCUT2D eigenvalue weighted by Gasteiger charge is 2.16. The number of anilines is 2. The van der Waals surface area contributed by atoms with Gasteiger partial charge in [-0.25, -0.2) is 0 Å². The highest BCUT2D eigenvalue weighted by atomic mass is 35.5. The number of carboxylic acid groups (broad SMARTS) is 1. The molecule has 0 amide bonds. The number of fused-ring (bicyclic) bond motifs is 1. The maximum atomic E-state index is 10.7. The topological polar surface area (TPSA) is 114 Å². The van der Waals surface area contributed by atoms with Crippen LogP contribution in [0.5, 0.6) is 17.2 Å². The average Bonchev–Trinajstić information content (AvgIpc) is 2.77. The van der Waals surface area contributed by atoms with Gasteiger partial charge in [0, 0.05) is 30.1 Å². The smallest absolute Gasteiger partial charge is 0.303 e. The number of hydrogen-bond acceptors (Lipinski definition) is 7. The van der Waals surface area contributed by atoms with E-state index in [1.807, 2.05) is 0 Å². The Morgan fingerprint density at radius 1 is 1.12 bits per heavy atom. The normalized spacial score (nSPS) is 10.5. The van der Waals surface area contributed by atoms with E-state index in [1.54, 1.807) is 24.3 Å². The van der Waals surface area contributed by atoms with Gasteiger partial charge in [-0.3, -0.25) is 9.78 Å². The summed E-state index contributed by atoms with van der Waals surface area (Å²) >= 11 is 12.5. The van der Waals surface area contributed by atoms with Crippen LogP contribution in [0.25, 0.3) is 10.9 Å². The number of carbonyl (C=O) groups is 1. The highest BCUT2D eigenvalue weighted by Crippen LogP contribution is 2.40. The van der Waals surface area contributed by atoms with Crippen molar-refractivity contribution in [2.45, 2.75) is 12.8 Å². The Morgan fingerprint density at radius 3 is 2.53 bits per heavy atom. The van der Waals surface area contributed by atoms with E-state index in [0.29, 0.717) is 61.6 Å². The summed E-state index contributed by atoms with van der Waals surface area (Å²) in [4.78, 5) is 15.0. The molecule has 0 saturated heterocycles. The van der Waals surface area contributed by atoms with Crippen LogP contribution in [0.4, 0.5) is 11.4 Å². The van der Waals surface area contributed by atoms with E-state index in [9.17, 15) is 10.1 Å². The lowest BCUT2D eigenvalue weighted by atomic mass is 10.1. The van der Waals surface area contributed by atoms with Gasteiger partial charge in [0.1, 0.15) is 11.8 Å². The van der Waals surface area contributed by atoms with Gasteiger partial charge < -0.3 is 24.6 Å². The number of carboxylic acids is 1. The molecule has 0 fully saturated rings. The van der Waals surface area contributed by atoms with Gasteiger partial charge in [-0.05, 0) is 18.6 Å². The zero-order chi connectivity index (χ0) is 23.3. The number of methoxy groups -OCH3 is 2. The number of nitrogens with one attached hydrogen (secondary N) is 1. The van der Waals surface area contributed by atoms with Crippen LogP contribution in [0, 0.1) is 11.3 Å². The van der Waals surface area contributed by atoms with Crippen molar-refractivity contribution in [1.29, 1.82) is 5.26 Å². The van der Waals surface area contributed by atoms with E-state index in [2.05, 4.69) is 16.4 Å². The van der Waals surface area contributed by atoms with Crippen molar-refractivity contribution < 1.29 is 24.1 Å². The second-order valence-corrected chi connectivity index (χ2v) is 7.43. The fourth-order valence-electron chi connectivity index (χ4n) is 3.01. The summed E-state index contributed by atoms with van der Waals surface area (Å²) in [7, 11) is 2.98. The van der Waals surface area contributed by atoms with Crippen molar-refractivity contribution in [3.8, 4) is 23.3 Å². The van der Waals surface area contributed by atoms with Crippen LogP contribution in [0.1, 0.15) is 18.4 Å². The Balaban J connectivity index is 2.04. The average molecular weight is 476 g/mol. The van der Waals surface area contributed by atoms with E-state index >= 15 is 0 Å². The molecule has 0 aliphatic rings. The Morgan fingerprint density at radius 2 is 1.88 bits per heavy atom. The molecule has 3 rings (SSSR count). The number of ether oxygens (including phenoxy) is 3. The molecule has 2 N–H and O–H groups in total. The molecule has 1 heterocycles. The molecule has 0 aliphatic carbocycles. The maximum absolute atomic E-state index is 10.7.